The van der Waals surface area contributed by atoms with E-state index in [4.69, 9.17) is 4.74 Å². The van der Waals surface area contributed by atoms with Crippen molar-refractivity contribution in [1.29, 1.82) is 0 Å². The Kier molecular flexibility index (Phi) is 7.04. The molecule has 0 radical (unpaired) electrons. The molecule has 0 fully saturated rings. The summed E-state index contributed by atoms with van der Waals surface area (Å²) in [6, 6.07) is 20.2. The van der Waals surface area contributed by atoms with Gasteiger partial charge in [-0.2, -0.15) is 0 Å². The van der Waals surface area contributed by atoms with Crippen LogP contribution in [0.3, 0.4) is 0 Å². The minimum absolute atomic E-state index is 0.0948. The Bertz CT molecular complexity index is 1120. The van der Waals surface area contributed by atoms with Gasteiger partial charge in [0.25, 0.3) is 5.91 Å². The Morgan fingerprint density at radius 3 is 2.23 bits per heavy atom. The number of hydrogen-bond donors (Lipinski definition) is 1. The Hall–Kier alpha value is -3.23. The molecule has 8 heteroatoms. The molecule has 1 amide bonds. The van der Waals surface area contributed by atoms with E-state index in [1.165, 1.54) is 53.4 Å². The minimum Gasteiger partial charge on any atom is -0.484 e. The third-order valence-electron chi connectivity index (χ3n) is 4.72. The summed E-state index contributed by atoms with van der Waals surface area (Å²) in [6.07, 6.45) is 0. The van der Waals surface area contributed by atoms with Crippen molar-refractivity contribution in [3.8, 4) is 5.75 Å². The van der Waals surface area contributed by atoms with Gasteiger partial charge in [0.05, 0.1) is 4.90 Å². The van der Waals surface area contributed by atoms with Crippen LogP contribution < -0.4 is 14.4 Å². The van der Waals surface area contributed by atoms with Crippen LogP contribution in [0.4, 0.5) is 10.1 Å². The number of sulfonamides is 1. The Morgan fingerprint density at radius 2 is 1.61 bits per heavy atom. The van der Waals surface area contributed by atoms with Gasteiger partial charge in [-0.25, -0.2) is 17.5 Å². The molecule has 0 spiro atoms. The van der Waals surface area contributed by atoms with Crippen LogP contribution in [0.2, 0.25) is 0 Å². The molecule has 6 nitrogen and oxygen atoms in total. The lowest BCUT2D eigenvalue weighted by atomic mass is 10.1. The Labute approximate surface area is 181 Å². The number of benzene rings is 3. The first kappa shape index (κ1) is 22.5. The van der Waals surface area contributed by atoms with Crippen LogP contribution in [0.1, 0.15) is 18.5 Å². The summed E-state index contributed by atoms with van der Waals surface area (Å²) >= 11 is 0. The predicted molar refractivity (Wildman–Crippen MR) is 117 cm³/mol. The fourth-order valence-electron chi connectivity index (χ4n) is 2.88. The van der Waals surface area contributed by atoms with Crippen molar-refractivity contribution < 1.29 is 22.3 Å². The van der Waals surface area contributed by atoms with Gasteiger partial charge in [-0.05, 0) is 61.0 Å². The maximum absolute atomic E-state index is 13.0. The smallest absolute Gasteiger partial charge is 0.264 e. The third-order valence-corrected chi connectivity index (χ3v) is 6.27. The standard InChI is InChI=1S/C23H23FN2O4S/c1-17(18-6-4-3-5-7-18)25-31(28,29)22-14-12-21(13-15-22)30-16-23(27)26(2)20-10-8-19(24)9-11-20/h3-15,17,25H,16H2,1-2H3/t17-/m1/s1. The maximum Gasteiger partial charge on any atom is 0.264 e. The quantitative estimate of drug-likeness (QED) is 0.574. The highest BCUT2D eigenvalue weighted by Crippen LogP contribution is 2.20. The lowest BCUT2D eigenvalue weighted by Crippen LogP contribution is -2.31. The minimum atomic E-state index is -3.72. The maximum atomic E-state index is 13.0. The predicted octanol–water partition coefficient (Wildman–Crippen LogP) is 3.91. The molecule has 0 unspecified atom stereocenters. The fourth-order valence-corrected chi connectivity index (χ4v) is 4.11. The van der Waals surface area contributed by atoms with E-state index in [-0.39, 0.29) is 29.3 Å². The number of ether oxygens (including phenoxy) is 1. The zero-order chi connectivity index (χ0) is 22.4. The van der Waals surface area contributed by atoms with Gasteiger partial charge in [-0.1, -0.05) is 30.3 Å². The zero-order valence-corrected chi connectivity index (χ0v) is 18.0. The molecule has 3 aromatic carbocycles. The highest BCUT2D eigenvalue weighted by Gasteiger charge is 2.18. The number of nitrogens with one attached hydrogen (secondary N) is 1. The molecule has 0 saturated carbocycles. The molecular weight excluding hydrogens is 419 g/mol. The van der Waals surface area contributed by atoms with Crippen molar-refractivity contribution in [3.05, 3.63) is 90.2 Å². The fraction of sp³-hybridized carbons (Fsp3) is 0.174. The van der Waals surface area contributed by atoms with E-state index in [0.29, 0.717) is 11.4 Å². The Morgan fingerprint density at radius 1 is 1.00 bits per heavy atom. The first-order valence-corrected chi connectivity index (χ1v) is 11.1. The summed E-state index contributed by atoms with van der Waals surface area (Å²) in [6.45, 7) is 1.52. The topological polar surface area (TPSA) is 75.7 Å². The molecule has 31 heavy (non-hydrogen) atoms. The molecule has 0 bridgehead atoms. The molecule has 0 aromatic heterocycles. The molecule has 162 valence electrons. The number of amides is 1. The second kappa shape index (κ2) is 9.72. The summed E-state index contributed by atoms with van der Waals surface area (Å²) in [5.41, 5.74) is 1.39. The number of halogens is 1. The van der Waals surface area contributed by atoms with Crippen molar-refractivity contribution in [2.75, 3.05) is 18.6 Å². The number of carbonyl (C=O) groups excluding carboxylic acids is 1. The number of rotatable bonds is 8. The number of nitrogens with zero attached hydrogens (tertiary/aromatic N) is 1. The van der Waals surface area contributed by atoms with Crippen LogP contribution in [0.5, 0.6) is 5.75 Å². The van der Waals surface area contributed by atoms with Crippen LogP contribution >= 0.6 is 0 Å². The number of likely N-dealkylation sites (N-methyl/N-ethyl adjacent to an activating group) is 1. The van der Waals surface area contributed by atoms with Crippen LogP contribution in [0, 0.1) is 5.82 Å². The van der Waals surface area contributed by atoms with Crippen LogP contribution in [-0.4, -0.2) is 28.0 Å². The van der Waals surface area contributed by atoms with Crippen molar-refractivity contribution >= 4 is 21.6 Å². The highest BCUT2D eigenvalue weighted by atomic mass is 32.2. The van der Waals surface area contributed by atoms with E-state index in [1.54, 1.807) is 14.0 Å². The van der Waals surface area contributed by atoms with Gasteiger partial charge >= 0.3 is 0 Å². The number of anilines is 1. The van der Waals surface area contributed by atoms with E-state index in [0.717, 1.165) is 5.56 Å². The average molecular weight is 443 g/mol. The largest absolute Gasteiger partial charge is 0.484 e. The molecule has 0 saturated heterocycles. The first-order valence-electron chi connectivity index (χ1n) is 9.58. The van der Waals surface area contributed by atoms with Crippen LogP contribution in [-0.2, 0) is 14.8 Å². The monoisotopic (exact) mass is 442 g/mol. The highest BCUT2D eigenvalue weighted by molar-refractivity contribution is 7.89. The second-order valence-corrected chi connectivity index (χ2v) is 8.66. The third kappa shape index (κ3) is 5.90. The molecule has 0 aliphatic heterocycles. The van der Waals surface area contributed by atoms with Crippen molar-refractivity contribution in [2.24, 2.45) is 0 Å². The van der Waals surface area contributed by atoms with E-state index < -0.39 is 10.0 Å². The zero-order valence-electron chi connectivity index (χ0n) is 17.2. The normalized spacial score (nSPS) is 12.2. The van der Waals surface area contributed by atoms with Crippen molar-refractivity contribution in [3.63, 3.8) is 0 Å². The van der Waals surface area contributed by atoms with E-state index in [9.17, 15) is 17.6 Å². The van der Waals surface area contributed by atoms with Gasteiger partial charge in [0.15, 0.2) is 6.61 Å². The molecular formula is C23H23FN2O4S. The van der Waals surface area contributed by atoms with Gasteiger partial charge in [-0.15, -0.1) is 0 Å². The average Bonchev–Trinajstić information content (AvgIpc) is 2.78. The summed E-state index contributed by atoms with van der Waals surface area (Å²) in [7, 11) is -2.16. The summed E-state index contributed by atoms with van der Waals surface area (Å²) in [4.78, 5) is 13.7. The summed E-state index contributed by atoms with van der Waals surface area (Å²) in [5, 5.41) is 0. The summed E-state index contributed by atoms with van der Waals surface area (Å²) < 4.78 is 46.4. The van der Waals surface area contributed by atoms with Gasteiger partial charge in [0.2, 0.25) is 10.0 Å². The lowest BCUT2D eigenvalue weighted by Gasteiger charge is -2.18. The Balaban J connectivity index is 1.59. The van der Waals surface area contributed by atoms with Gasteiger partial charge in [0.1, 0.15) is 11.6 Å². The second-order valence-electron chi connectivity index (χ2n) is 6.94. The molecule has 3 aromatic rings. The van der Waals surface area contributed by atoms with Crippen LogP contribution in [0.15, 0.2) is 83.8 Å². The van der Waals surface area contributed by atoms with Gasteiger partial charge in [-0.3, -0.25) is 4.79 Å². The van der Waals surface area contributed by atoms with Crippen molar-refractivity contribution in [2.45, 2.75) is 17.9 Å². The van der Waals surface area contributed by atoms with E-state index in [2.05, 4.69) is 4.72 Å². The molecule has 1 N–H and O–H groups in total. The summed E-state index contributed by atoms with van der Waals surface area (Å²) in [5.74, 6) is -0.360. The number of hydrogen-bond acceptors (Lipinski definition) is 4. The van der Waals surface area contributed by atoms with E-state index in [1.807, 2.05) is 30.3 Å². The first-order chi connectivity index (χ1) is 14.8. The SMILES string of the molecule is C[C@@H](NS(=O)(=O)c1ccc(OCC(=O)N(C)c2ccc(F)cc2)cc1)c1ccccc1. The lowest BCUT2D eigenvalue weighted by molar-refractivity contribution is -0.120. The molecule has 1 atom stereocenters. The molecule has 0 aliphatic carbocycles. The molecule has 0 heterocycles. The molecule has 0 aliphatic rings. The van der Waals surface area contributed by atoms with Crippen LogP contribution in [0.25, 0.3) is 0 Å². The number of carbonyl (C=O) groups is 1. The van der Waals surface area contributed by atoms with E-state index >= 15 is 0 Å². The van der Waals surface area contributed by atoms with Gasteiger partial charge in [0, 0.05) is 18.8 Å². The van der Waals surface area contributed by atoms with Gasteiger partial charge < -0.3 is 9.64 Å². The van der Waals surface area contributed by atoms with Crippen molar-refractivity contribution in [1.82, 2.24) is 4.72 Å². The molecule has 3 rings (SSSR count).